The molecule has 0 saturated heterocycles. The van der Waals surface area contributed by atoms with E-state index in [0.29, 0.717) is 30.2 Å². The Hall–Kier alpha value is -2.08. The molecular weight excluding hydrogens is 246 g/mol. The molecule has 2 rings (SSSR count). The maximum Gasteiger partial charge on any atom is 0.223 e. The van der Waals surface area contributed by atoms with Crippen LogP contribution in [0.4, 0.5) is 0 Å². The summed E-state index contributed by atoms with van der Waals surface area (Å²) in [5.41, 5.74) is 0.492. The van der Waals surface area contributed by atoms with Gasteiger partial charge in [-0.05, 0) is 19.1 Å². The Balaban J connectivity index is 1.92. The minimum atomic E-state index is -0.172. The van der Waals surface area contributed by atoms with Crippen molar-refractivity contribution in [3.63, 3.8) is 0 Å². The Morgan fingerprint density at radius 1 is 1.32 bits per heavy atom. The number of aromatic nitrogens is 2. The van der Waals surface area contributed by atoms with E-state index in [1.165, 1.54) is 0 Å². The van der Waals surface area contributed by atoms with E-state index in [9.17, 15) is 10.2 Å². The number of nitrogens with zero attached hydrogens (tertiary/aromatic N) is 2. The second-order valence-electron chi connectivity index (χ2n) is 4.37. The third-order valence-electron chi connectivity index (χ3n) is 2.86. The first-order valence-electron chi connectivity index (χ1n) is 6.11. The van der Waals surface area contributed by atoms with Gasteiger partial charge in [-0.1, -0.05) is 11.2 Å². The van der Waals surface area contributed by atoms with Crippen molar-refractivity contribution in [3.05, 3.63) is 35.5 Å². The normalized spacial score (nSPS) is 12.5. The number of phenolic OH excluding ortho intramolecular Hbond substituents is 2. The van der Waals surface area contributed by atoms with Crippen LogP contribution < -0.4 is 5.32 Å². The van der Waals surface area contributed by atoms with E-state index in [0.717, 1.165) is 0 Å². The minimum absolute atomic E-state index is 0.0791. The van der Waals surface area contributed by atoms with E-state index >= 15 is 0 Å². The van der Waals surface area contributed by atoms with Crippen molar-refractivity contribution in [3.8, 4) is 11.5 Å². The van der Waals surface area contributed by atoms with Crippen LogP contribution in [-0.2, 0) is 6.42 Å². The van der Waals surface area contributed by atoms with Gasteiger partial charge in [-0.15, -0.1) is 0 Å². The summed E-state index contributed by atoms with van der Waals surface area (Å²) >= 11 is 0. The molecule has 0 spiro atoms. The first kappa shape index (κ1) is 13.4. The zero-order chi connectivity index (χ0) is 13.8. The van der Waals surface area contributed by atoms with E-state index in [4.69, 9.17) is 4.52 Å². The molecule has 6 heteroatoms. The SMILES string of the molecule is Cc1nc(CCNC(C)c2c(O)cccc2O)no1. The lowest BCUT2D eigenvalue weighted by Gasteiger charge is -2.16. The predicted molar refractivity (Wildman–Crippen MR) is 68.9 cm³/mol. The van der Waals surface area contributed by atoms with Crippen LogP contribution in [0.25, 0.3) is 0 Å². The van der Waals surface area contributed by atoms with Gasteiger partial charge in [0.25, 0.3) is 0 Å². The van der Waals surface area contributed by atoms with Gasteiger partial charge in [0.15, 0.2) is 5.82 Å². The molecule has 1 aromatic heterocycles. The van der Waals surface area contributed by atoms with Gasteiger partial charge in [-0.2, -0.15) is 4.98 Å². The Kier molecular flexibility index (Phi) is 4.01. The Labute approximate surface area is 111 Å². The van der Waals surface area contributed by atoms with E-state index in [-0.39, 0.29) is 17.5 Å². The Morgan fingerprint density at radius 2 is 2.00 bits per heavy atom. The van der Waals surface area contributed by atoms with Gasteiger partial charge in [-0.3, -0.25) is 0 Å². The van der Waals surface area contributed by atoms with Gasteiger partial charge in [0.1, 0.15) is 11.5 Å². The van der Waals surface area contributed by atoms with Crippen LogP contribution in [-0.4, -0.2) is 26.9 Å². The van der Waals surface area contributed by atoms with Crippen LogP contribution in [0.5, 0.6) is 11.5 Å². The third-order valence-corrected chi connectivity index (χ3v) is 2.86. The molecule has 0 saturated carbocycles. The Bertz CT molecular complexity index is 534. The highest BCUT2D eigenvalue weighted by Gasteiger charge is 2.14. The fraction of sp³-hybridized carbons (Fsp3) is 0.385. The van der Waals surface area contributed by atoms with E-state index < -0.39 is 0 Å². The molecular formula is C13H17N3O3. The minimum Gasteiger partial charge on any atom is -0.507 e. The van der Waals surface area contributed by atoms with Crippen molar-refractivity contribution in [2.75, 3.05) is 6.54 Å². The molecule has 1 heterocycles. The third kappa shape index (κ3) is 3.23. The predicted octanol–water partition coefficient (Wildman–Crippen LogP) is 1.68. The molecule has 0 amide bonds. The van der Waals surface area contributed by atoms with Crippen molar-refractivity contribution in [1.29, 1.82) is 0 Å². The molecule has 1 unspecified atom stereocenters. The van der Waals surface area contributed by atoms with Crippen molar-refractivity contribution < 1.29 is 14.7 Å². The molecule has 2 aromatic rings. The van der Waals surface area contributed by atoms with Gasteiger partial charge in [0, 0.05) is 25.9 Å². The molecule has 3 N–H and O–H groups in total. The maximum absolute atomic E-state index is 9.74. The van der Waals surface area contributed by atoms with E-state index in [1.807, 2.05) is 6.92 Å². The summed E-state index contributed by atoms with van der Waals surface area (Å²) in [5, 5.41) is 26.5. The van der Waals surface area contributed by atoms with Crippen molar-refractivity contribution >= 4 is 0 Å². The van der Waals surface area contributed by atoms with Gasteiger partial charge < -0.3 is 20.1 Å². The monoisotopic (exact) mass is 263 g/mol. The molecule has 1 aromatic carbocycles. The summed E-state index contributed by atoms with van der Waals surface area (Å²) in [5.74, 6) is 1.34. The number of aryl methyl sites for hydroxylation is 1. The molecule has 19 heavy (non-hydrogen) atoms. The molecule has 0 radical (unpaired) electrons. The smallest absolute Gasteiger partial charge is 0.223 e. The topological polar surface area (TPSA) is 91.4 Å². The lowest BCUT2D eigenvalue weighted by Crippen LogP contribution is -2.21. The molecule has 0 aliphatic rings. The highest BCUT2D eigenvalue weighted by atomic mass is 16.5. The summed E-state index contributed by atoms with van der Waals surface area (Å²) < 4.78 is 4.88. The van der Waals surface area contributed by atoms with Crippen LogP contribution in [0.15, 0.2) is 22.7 Å². The zero-order valence-corrected chi connectivity index (χ0v) is 10.9. The first-order valence-corrected chi connectivity index (χ1v) is 6.11. The second kappa shape index (κ2) is 5.71. The van der Waals surface area contributed by atoms with Crippen LogP contribution in [0.3, 0.4) is 0 Å². The van der Waals surface area contributed by atoms with Gasteiger partial charge in [0.2, 0.25) is 5.89 Å². The maximum atomic E-state index is 9.74. The molecule has 0 bridgehead atoms. The van der Waals surface area contributed by atoms with Crippen LogP contribution in [0, 0.1) is 6.92 Å². The number of phenols is 2. The summed E-state index contributed by atoms with van der Waals surface area (Å²) in [6.45, 7) is 4.23. The number of hydrogen-bond donors (Lipinski definition) is 3. The number of hydrogen-bond acceptors (Lipinski definition) is 6. The lowest BCUT2D eigenvalue weighted by molar-refractivity contribution is 0.385. The van der Waals surface area contributed by atoms with Crippen LogP contribution in [0.1, 0.15) is 30.2 Å². The van der Waals surface area contributed by atoms with E-state index in [1.54, 1.807) is 25.1 Å². The fourth-order valence-corrected chi connectivity index (χ4v) is 1.93. The second-order valence-corrected chi connectivity index (χ2v) is 4.37. The van der Waals surface area contributed by atoms with E-state index in [2.05, 4.69) is 15.5 Å². The molecule has 102 valence electrons. The van der Waals surface area contributed by atoms with Gasteiger partial charge >= 0.3 is 0 Å². The highest BCUT2D eigenvalue weighted by molar-refractivity contribution is 5.44. The zero-order valence-electron chi connectivity index (χ0n) is 10.9. The average molecular weight is 263 g/mol. The quantitative estimate of drug-likeness (QED) is 0.760. The van der Waals surface area contributed by atoms with Crippen LogP contribution >= 0.6 is 0 Å². The molecule has 0 aliphatic heterocycles. The molecule has 0 fully saturated rings. The molecule has 0 aliphatic carbocycles. The average Bonchev–Trinajstić information content (AvgIpc) is 2.75. The van der Waals surface area contributed by atoms with Crippen LogP contribution in [0.2, 0.25) is 0 Å². The molecule has 6 nitrogen and oxygen atoms in total. The van der Waals surface area contributed by atoms with Gasteiger partial charge in [0.05, 0.1) is 5.56 Å². The van der Waals surface area contributed by atoms with Crippen molar-refractivity contribution in [2.24, 2.45) is 0 Å². The summed E-state index contributed by atoms with van der Waals surface area (Å²) in [6, 6.07) is 4.53. The standard InChI is InChI=1S/C13H17N3O3/c1-8(13-10(17)4-3-5-11(13)18)14-7-6-12-15-9(2)19-16-12/h3-5,8,14,17-18H,6-7H2,1-2H3. The first-order chi connectivity index (χ1) is 9.08. The van der Waals surface area contributed by atoms with Crippen molar-refractivity contribution in [1.82, 2.24) is 15.5 Å². The van der Waals surface area contributed by atoms with Gasteiger partial charge in [-0.25, -0.2) is 0 Å². The summed E-state index contributed by atoms with van der Waals surface area (Å²) in [7, 11) is 0. The fourth-order valence-electron chi connectivity index (χ4n) is 1.93. The number of nitrogens with one attached hydrogen (secondary N) is 1. The molecule has 1 atom stereocenters. The largest absolute Gasteiger partial charge is 0.507 e. The number of aromatic hydroxyl groups is 2. The number of benzene rings is 1. The summed E-state index contributed by atoms with van der Waals surface area (Å²) in [6.07, 6.45) is 0.621. The van der Waals surface area contributed by atoms with Crippen molar-refractivity contribution in [2.45, 2.75) is 26.3 Å². The Morgan fingerprint density at radius 3 is 2.58 bits per heavy atom. The number of rotatable bonds is 5. The lowest BCUT2D eigenvalue weighted by atomic mass is 10.1. The highest BCUT2D eigenvalue weighted by Crippen LogP contribution is 2.31. The summed E-state index contributed by atoms with van der Waals surface area (Å²) in [4.78, 5) is 4.10.